The molecule has 0 saturated heterocycles. The highest BCUT2D eigenvalue weighted by Crippen LogP contribution is 2.24. The van der Waals surface area contributed by atoms with Crippen molar-refractivity contribution >= 4 is 10.9 Å². The average Bonchev–Trinajstić information content (AvgIpc) is 3.49. The molecule has 4 aromatic heterocycles. The van der Waals surface area contributed by atoms with Crippen molar-refractivity contribution in [1.82, 2.24) is 40.4 Å². The highest BCUT2D eigenvalue weighted by atomic mass is 19.3. The van der Waals surface area contributed by atoms with Crippen molar-refractivity contribution in [1.29, 1.82) is 0 Å². The molecule has 150 valence electrons. The summed E-state index contributed by atoms with van der Waals surface area (Å²) in [4.78, 5) is 4.03. The highest BCUT2D eigenvalue weighted by Gasteiger charge is 2.18. The molecule has 30 heavy (non-hydrogen) atoms. The first-order valence-electron chi connectivity index (χ1n) is 8.67. The predicted molar refractivity (Wildman–Crippen MR) is 96.7 cm³/mol. The summed E-state index contributed by atoms with van der Waals surface area (Å²) in [6.45, 7) is 0.0270. The first-order valence-corrected chi connectivity index (χ1v) is 8.67. The molecule has 5 rings (SSSR count). The van der Waals surface area contributed by atoms with Gasteiger partial charge in [0.15, 0.2) is 0 Å². The number of aromatic amines is 1. The van der Waals surface area contributed by atoms with Crippen molar-refractivity contribution in [2.45, 2.75) is 13.0 Å². The normalized spacial score (nSPS) is 11.6. The van der Waals surface area contributed by atoms with Crippen molar-refractivity contribution in [3.63, 3.8) is 0 Å². The molecule has 0 fully saturated rings. The maximum absolute atomic E-state index is 14.5. The maximum atomic E-state index is 14.5. The molecule has 4 heterocycles. The summed E-state index contributed by atoms with van der Waals surface area (Å²) < 4.78 is 45.9. The van der Waals surface area contributed by atoms with Crippen LogP contribution in [0.2, 0.25) is 0 Å². The summed E-state index contributed by atoms with van der Waals surface area (Å²) in [5.74, 6) is -1.74. The van der Waals surface area contributed by atoms with E-state index in [-0.39, 0.29) is 23.7 Å². The third-order valence-corrected chi connectivity index (χ3v) is 4.38. The molecule has 0 atom stereocenters. The van der Waals surface area contributed by atoms with Crippen molar-refractivity contribution in [3.8, 4) is 22.7 Å². The summed E-state index contributed by atoms with van der Waals surface area (Å²) >= 11 is 0. The van der Waals surface area contributed by atoms with E-state index >= 15 is 0 Å². The molecule has 5 aromatic rings. The molecule has 0 amide bonds. The van der Waals surface area contributed by atoms with Crippen LogP contribution in [-0.4, -0.2) is 40.4 Å². The molecule has 1 N–H and O–H groups in total. The zero-order valence-electron chi connectivity index (χ0n) is 15.0. The largest absolute Gasteiger partial charge is 0.415 e. The molecule has 9 nitrogen and oxygen atoms in total. The van der Waals surface area contributed by atoms with Gasteiger partial charge in [0.2, 0.25) is 5.89 Å². The molecular weight excluding hydrogens is 401 g/mol. The molecule has 0 bridgehead atoms. The Morgan fingerprint density at radius 2 is 1.97 bits per heavy atom. The number of hydrogen-bond donors (Lipinski definition) is 1. The minimum absolute atomic E-state index is 0.0270. The van der Waals surface area contributed by atoms with E-state index in [1.165, 1.54) is 10.9 Å². The molecule has 1 aromatic carbocycles. The molecular formula is C18H11F3N8O. The number of fused-ring (bicyclic) bond motifs is 1. The molecule has 0 spiro atoms. The Morgan fingerprint density at radius 3 is 2.77 bits per heavy atom. The molecule has 0 aliphatic rings. The number of H-pyrrole nitrogens is 1. The fourth-order valence-electron chi connectivity index (χ4n) is 2.90. The Balaban J connectivity index is 1.36. The monoisotopic (exact) mass is 412 g/mol. The van der Waals surface area contributed by atoms with Gasteiger partial charge in [-0.3, -0.25) is 10.1 Å². The molecule has 0 unspecified atom stereocenters. The van der Waals surface area contributed by atoms with E-state index in [1.807, 2.05) is 18.2 Å². The van der Waals surface area contributed by atoms with Gasteiger partial charge in [-0.1, -0.05) is 11.3 Å². The second kappa shape index (κ2) is 7.06. The fourth-order valence-corrected chi connectivity index (χ4v) is 2.90. The van der Waals surface area contributed by atoms with Crippen molar-refractivity contribution < 1.29 is 17.6 Å². The number of pyridine rings is 1. The summed E-state index contributed by atoms with van der Waals surface area (Å²) in [5, 5.41) is 22.6. The lowest BCUT2D eigenvalue weighted by molar-refractivity contribution is 0.116. The summed E-state index contributed by atoms with van der Waals surface area (Å²) in [6.07, 6.45) is 1.74. The first-order chi connectivity index (χ1) is 14.6. The van der Waals surface area contributed by atoms with Crippen LogP contribution in [0, 0.1) is 5.82 Å². The van der Waals surface area contributed by atoms with Crippen LogP contribution in [0.25, 0.3) is 33.6 Å². The van der Waals surface area contributed by atoms with Crippen LogP contribution in [0.5, 0.6) is 0 Å². The van der Waals surface area contributed by atoms with Gasteiger partial charge in [0.05, 0.1) is 35.7 Å². The topological polar surface area (TPSA) is 111 Å². The van der Waals surface area contributed by atoms with Crippen LogP contribution in [-0.2, 0) is 6.54 Å². The number of rotatable bonds is 5. The van der Waals surface area contributed by atoms with Crippen molar-refractivity contribution in [3.05, 3.63) is 60.3 Å². The molecule has 0 saturated carbocycles. The van der Waals surface area contributed by atoms with E-state index in [4.69, 9.17) is 4.42 Å². The summed E-state index contributed by atoms with van der Waals surface area (Å²) in [6, 6.07) is 6.77. The minimum Gasteiger partial charge on any atom is -0.415 e. The SMILES string of the molecule is Fc1cc(-c2nnc(C(F)F)o2)cnc1Cn1cc(-c2ccc3[nH]ncc3c2)nn1. The first kappa shape index (κ1) is 18.0. The Bertz CT molecular complexity index is 1340. The van der Waals surface area contributed by atoms with Crippen molar-refractivity contribution in [2.24, 2.45) is 0 Å². The number of benzene rings is 1. The van der Waals surface area contributed by atoms with E-state index in [0.717, 1.165) is 22.5 Å². The van der Waals surface area contributed by atoms with Gasteiger partial charge in [0.25, 0.3) is 5.89 Å². The Hall–Kier alpha value is -4.09. The fraction of sp³-hybridized carbons (Fsp3) is 0.111. The van der Waals surface area contributed by atoms with Gasteiger partial charge in [-0.15, -0.1) is 15.3 Å². The third-order valence-electron chi connectivity index (χ3n) is 4.38. The molecule has 0 aliphatic carbocycles. The third kappa shape index (κ3) is 3.27. The molecule has 12 heteroatoms. The van der Waals surface area contributed by atoms with Gasteiger partial charge in [0.1, 0.15) is 11.5 Å². The molecule has 0 aliphatic heterocycles. The zero-order valence-corrected chi connectivity index (χ0v) is 15.0. The standard InChI is InChI=1S/C18H11F3N8O/c19-12-4-11(17-26-27-18(30-17)16(20)21)5-22-15(12)8-29-7-14(25-28-29)9-1-2-13-10(3-9)6-23-24-13/h1-7,16H,8H2,(H,23,24). The van der Waals surface area contributed by atoms with Gasteiger partial charge < -0.3 is 4.42 Å². The minimum atomic E-state index is -2.90. The van der Waals surface area contributed by atoms with E-state index in [1.54, 1.807) is 12.4 Å². The van der Waals surface area contributed by atoms with Crippen LogP contribution >= 0.6 is 0 Å². The van der Waals surface area contributed by atoms with Gasteiger partial charge >= 0.3 is 6.43 Å². The van der Waals surface area contributed by atoms with E-state index in [0.29, 0.717) is 5.69 Å². The smallest absolute Gasteiger partial charge is 0.314 e. The van der Waals surface area contributed by atoms with Crippen molar-refractivity contribution in [2.75, 3.05) is 0 Å². The number of halogens is 3. The van der Waals surface area contributed by atoms with Crippen LogP contribution in [0.15, 0.2) is 47.3 Å². The van der Waals surface area contributed by atoms with Gasteiger partial charge in [-0.25, -0.2) is 9.07 Å². The Morgan fingerprint density at radius 1 is 1.07 bits per heavy atom. The number of alkyl halides is 2. The van der Waals surface area contributed by atoms with Gasteiger partial charge in [0, 0.05) is 17.1 Å². The van der Waals surface area contributed by atoms with E-state index < -0.39 is 18.1 Å². The summed E-state index contributed by atoms with van der Waals surface area (Å²) in [7, 11) is 0. The number of hydrogen-bond acceptors (Lipinski definition) is 7. The Kier molecular flexibility index (Phi) is 4.23. The maximum Gasteiger partial charge on any atom is 0.314 e. The van der Waals surface area contributed by atoms with Crippen LogP contribution in [0.4, 0.5) is 13.2 Å². The lowest BCUT2D eigenvalue weighted by Crippen LogP contribution is -2.05. The number of nitrogens with zero attached hydrogens (tertiary/aromatic N) is 7. The van der Waals surface area contributed by atoms with E-state index in [2.05, 4.69) is 35.7 Å². The second-order valence-corrected chi connectivity index (χ2v) is 6.37. The van der Waals surface area contributed by atoms with Crippen LogP contribution < -0.4 is 0 Å². The average molecular weight is 412 g/mol. The van der Waals surface area contributed by atoms with E-state index in [9.17, 15) is 13.2 Å². The van der Waals surface area contributed by atoms with Crippen LogP contribution in [0.3, 0.4) is 0 Å². The second-order valence-electron chi connectivity index (χ2n) is 6.37. The lowest BCUT2D eigenvalue weighted by atomic mass is 10.1. The highest BCUT2D eigenvalue weighted by molar-refractivity contribution is 5.83. The number of nitrogens with one attached hydrogen (secondary N) is 1. The van der Waals surface area contributed by atoms with Gasteiger partial charge in [-0.2, -0.15) is 13.9 Å². The lowest BCUT2D eigenvalue weighted by Gasteiger charge is -2.03. The molecule has 0 radical (unpaired) electrons. The quantitative estimate of drug-likeness (QED) is 0.471. The summed E-state index contributed by atoms with van der Waals surface area (Å²) in [5.41, 5.74) is 2.54. The van der Waals surface area contributed by atoms with Gasteiger partial charge in [-0.05, 0) is 18.2 Å². The van der Waals surface area contributed by atoms with Crippen LogP contribution in [0.1, 0.15) is 18.0 Å². The zero-order chi connectivity index (χ0) is 20.7. The number of aromatic nitrogens is 8. The Labute approximate surface area is 165 Å². The predicted octanol–water partition coefficient (Wildman–Crippen LogP) is 3.39.